The maximum atomic E-state index is 14.7. The van der Waals surface area contributed by atoms with Crippen LogP contribution in [0.15, 0.2) is 12.2 Å². The highest BCUT2D eigenvalue weighted by Gasteiger charge is 2.72. The van der Waals surface area contributed by atoms with Gasteiger partial charge in [0.2, 0.25) is 5.91 Å². The maximum Gasteiger partial charge on any atom is 0.302 e. The number of amides is 1. The Kier molecular flexibility index (Phi) is 7.79. The lowest BCUT2D eigenvalue weighted by Gasteiger charge is -2.73. The van der Waals surface area contributed by atoms with Gasteiger partial charge in [-0.05, 0) is 124 Å². The molecule has 6 aliphatic rings. The minimum atomic E-state index is -0.198. The van der Waals surface area contributed by atoms with E-state index in [9.17, 15) is 9.59 Å². The summed E-state index contributed by atoms with van der Waals surface area (Å²) in [5, 5.41) is 0. The molecule has 0 aromatic rings. The van der Waals surface area contributed by atoms with Gasteiger partial charge in [-0.15, -0.1) is 0 Å². The van der Waals surface area contributed by atoms with Crippen LogP contribution in [0.2, 0.25) is 0 Å². The van der Waals surface area contributed by atoms with Gasteiger partial charge >= 0.3 is 5.97 Å². The van der Waals surface area contributed by atoms with E-state index in [0.717, 1.165) is 64.8 Å². The third kappa shape index (κ3) is 4.38. The number of ether oxygens (including phenoxy) is 1. The van der Waals surface area contributed by atoms with E-state index < -0.39 is 0 Å². The van der Waals surface area contributed by atoms with Crippen LogP contribution >= 0.6 is 0 Å². The number of esters is 1. The Morgan fingerprint density at radius 1 is 0.791 bits per heavy atom. The minimum absolute atomic E-state index is 0.00973. The summed E-state index contributed by atoms with van der Waals surface area (Å²) in [6, 6.07) is 0. The fraction of sp³-hybridized carbons (Fsp3) is 0.895. The molecule has 5 aliphatic carbocycles. The highest BCUT2D eigenvalue weighted by Crippen LogP contribution is 2.77. The van der Waals surface area contributed by atoms with Gasteiger partial charge in [0.1, 0.15) is 6.10 Å². The van der Waals surface area contributed by atoms with Crippen molar-refractivity contribution >= 4 is 11.9 Å². The first-order valence-electron chi connectivity index (χ1n) is 18.0. The number of carbonyl (C=O) groups is 2. The van der Waals surface area contributed by atoms with Crippen molar-refractivity contribution in [3.05, 3.63) is 12.2 Å². The summed E-state index contributed by atoms with van der Waals surface area (Å²) in [6.45, 7) is 28.3. The highest BCUT2D eigenvalue weighted by molar-refractivity contribution is 5.84. The largest absolute Gasteiger partial charge is 0.462 e. The summed E-state index contributed by atoms with van der Waals surface area (Å²) >= 11 is 0. The third-order valence-electron chi connectivity index (χ3n) is 15.8. The first-order chi connectivity index (χ1) is 20.2. The SMILES string of the molecule is C=C(C)[C@@H]1CC[C@]2(C(=O)N3CCN(CC)CC3)CC[C@]3(C)[C@H](CC[C@@H]4[C@@]5(C)CC[C@H](OC(C)=O)C(C)(C)[C@@H]5CC[C@]43C)[C@@H]12. The second-order valence-electron chi connectivity index (χ2n) is 17.5. The number of piperazine rings is 1. The topological polar surface area (TPSA) is 49.9 Å². The molecule has 0 radical (unpaired) electrons. The summed E-state index contributed by atoms with van der Waals surface area (Å²) in [7, 11) is 0. The van der Waals surface area contributed by atoms with Crippen molar-refractivity contribution in [3.8, 4) is 0 Å². The van der Waals surface area contributed by atoms with Crippen molar-refractivity contribution in [2.45, 2.75) is 126 Å². The van der Waals surface area contributed by atoms with Gasteiger partial charge in [-0.2, -0.15) is 0 Å². The molecule has 10 atom stereocenters. The van der Waals surface area contributed by atoms with Gasteiger partial charge < -0.3 is 14.5 Å². The lowest BCUT2D eigenvalue weighted by molar-refractivity contribution is -0.249. The number of allylic oxidation sites excluding steroid dienone is 1. The van der Waals surface area contributed by atoms with E-state index in [0.29, 0.717) is 35.5 Å². The van der Waals surface area contributed by atoms with E-state index >= 15 is 0 Å². The predicted molar refractivity (Wildman–Crippen MR) is 173 cm³/mol. The lowest BCUT2D eigenvalue weighted by Crippen LogP contribution is -2.67. The van der Waals surface area contributed by atoms with E-state index in [1.165, 1.54) is 37.7 Å². The Hall–Kier alpha value is -1.36. The second-order valence-corrected chi connectivity index (χ2v) is 17.5. The minimum Gasteiger partial charge on any atom is -0.462 e. The van der Waals surface area contributed by atoms with Crippen LogP contribution in [0.3, 0.4) is 0 Å². The molecule has 1 saturated heterocycles. The quantitative estimate of drug-likeness (QED) is 0.247. The number of hydrogen-bond acceptors (Lipinski definition) is 4. The number of carbonyl (C=O) groups excluding carboxylic acids is 2. The van der Waals surface area contributed by atoms with Gasteiger partial charge in [-0.3, -0.25) is 9.59 Å². The Bertz CT molecular complexity index is 1140. The van der Waals surface area contributed by atoms with Crippen molar-refractivity contribution in [2.75, 3.05) is 32.7 Å². The van der Waals surface area contributed by atoms with Crippen LogP contribution in [0.25, 0.3) is 0 Å². The summed E-state index contributed by atoms with van der Waals surface area (Å²) in [5.74, 6) is 3.08. The van der Waals surface area contributed by atoms with Crippen molar-refractivity contribution in [3.63, 3.8) is 0 Å². The Balaban J connectivity index is 1.32. The molecule has 242 valence electrons. The Labute approximate surface area is 262 Å². The number of nitrogens with zero attached hydrogens (tertiary/aromatic N) is 2. The van der Waals surface area contributed by atoms with Gasteiger partial charge in [-0.1, -0.05) is 53.7 Å². The van der Waals surface area contributed by atoms with Crippen LogP contribution in [0.1, 0.15) is 120 Å². The molecule has 0 aromatic heterocycles. The molecule has 1 amide bonds. The highest BCUT2D eigenvalue weighted by atomic mass is 16.5. The van der Waals surface area contributed by atoms with Crippen molar-refractivity contribution in [1.29, 1.82) is 0 Å². The van der Waals surface area contributed by atoms with Crippen LogP contribution in [0.4, 0.5) is 0 Å². The van der Waals surface area contributed by atoms with E-state index in [4.69, 9.17) is 4.74 Å². The summed E-state index contributed by atoms with van der Waals surface area (Å²) in [6.07, 6.45) is 11.6. The van der Waals surface area contributed by atoms with Gasteiger partial charge in [0, 0.05) is 38.5 Å². The molecule has 0 unspecified atom stereocenters. The predicted octanol–water partition coefficient (Wildman–Crippen LogP) is 7.74. The van der Waals surface area contributed by atoms with E-state index in [-0.39, 0.29) is 39.1 Å². The summed E-state index contributed by atoms with van der Waals surface area (Å²) < 4.78 is 5.96. The molecule has 5 nitrogen and oxygen atoms in total. The van der Waals surface area contributed by atoms with Gasteiger partial charge in [0.25, 0.3) is 0 Å². The molecule has 5 heteroatoms. The lowest BCUT2D eigenvalue weighted by atomic mass is 9.32. The monoisotopic (exact) mass is 594 g/mol. The molecular formula is C38H62N2O3. The molecule has 0 N–H and O–H groups in total. The van der Waals surface area contributed by atoms with Gasteiger partial charge in [-0.25, -0.2) is 0 Å². The Morgan fingerprint density at radius 3 is 2.12 bits per heavy atom. The standard InChI is InChI=1S/C38H62N2O3/c1-10-39-21-23-40(24-22-39)33(42)38-18-13-27(25(2)3)32(38)28-11-12-30-35(7)16-15-31(43-26(4)41)34(5,6)29(35)14-17-37(30,9)36(28,8)19-20-38/h27-32H,2,10-24H2,1,3-9H3/t27-,28+,29-,30+,31-,32+,35-,36+,37+,38-/m0/s1. The molecule has 1 heterocycles. The number of hydrogen-bond donors (Lipinski definition) is 0. The zero-order valence-electron chi connectivity index (χ0n) is 28.9. The fourth-order valence-electron chi connectivity index (χ4n) is 13.5. The first kappa shape index (κ1) is 31.6. The fourth-order valence-corrected chi connectivity index (χ4v) is 13.5. The second kappa shape index (κ2) is 10.6. The van der Waals surface area contributed by atoms with Crippen LogP contribution in [0, 0.1) is 56.7 Å². The average molecular weight is 595 g/mol. The molecule has 43 heavy (non-hydrogen) atoms. The van der Waals surface area contributed by atoms with Gasteiger partial charge in [0.05, 0.1) is 5.41 Å². The third-order valence-corrected chi connectivity index (χ3v) is 15.8. The molecule has 1 aliphatic heterocycles. The van der Waals surface area contributed by atoms with Crippen LogP contribution < -0.4 is 0 Å². The normalized spacial score (nSPS) is 47.5. The van der Waals surface area contributed by atoms with Crippen molar-refractivity contribution < 1.29 is 14.3 Å². The first-order valence-corrected chi connectivity index (χ1v) is 18.0. The molecule has 0 aromatic carbocycles. The molecule has 6 fully saturated rings. The molecular weight excluding hydrogens is 532 g/mol. The van der Waals surface area contributed by atoms with Crippen molar-refractivity contribution in [2.24, 2.45) is 56.7 Å². The molecule has 6 rings (SSSR count). The van der Waals surface area contributed by atoms with E-state index in [1.807, 2.05) is 0 Å². The van der Waals surface area contributed by atoms with E-state index in [1.54, 1.807) is 6.92 Å². The number of fused-ring (bicyclic) bond motifs is 7. The van der Waals surface area contributed by atoms with Crippen LogP contribution in [-0.2, 0) is 14.3 Å². The average Bonchev–Trinajstić information content (AvgIpc) is 3.36. The van der Waals surface area contributed by atoms with Crippen LogP contribution in [-0.4, -0.2) is 60.5 Å². The number of rotatable bonds is 4. The maximum absolute atomic E-state index is 14.7. The van der Waals surface area contributed by atoms with Crippen molar-refractivity contribution in [1.82, 2.24) is 9.80 Å². The molecule has 5 saturated carbocycles. The van der Waals surface area contributed by atoms with Crippen LogP contribution in [0.5, 0.6) is 0 Å². The summed E-state index contributed by atoms with van der Waals surface area (Å²) in [4.78, 5) is 31.5. The summed E-state index contributed by atoms with van der Waals surface area (Å²) in [5.41, 5.74) is 1.85. The molecule has 0 spiro atoms. The Morgan fingerprint density at radius 2 is 1.49 bits per heavy atom. The molecule has 0 bridgehead atoms. The zero-order chi connectivity index (χ0) is 31.2. The van der Waals surface area contributed by atoms with Gasteiger partial charge in [0.15, 0.2) is 0 Å². The zero-order valence-corrected chi connectivity index (χ0v) is 28.9. The number of likely N-dealkylation sites (N-methyl/N-ethyl adjacent to an activating group) is 1. The smallest absolute Gasteiger partial charge is 0.302 e. The van der Waals surface area contributed by atoms with E-state index in [2.05, 4.69) is 64.8 Å².